The normalized spacial score (nSPS) is 44.1. The van der Waals surface area contributed by atoms with Crippen molar-refractivity contribution >= 4 is 0 Å². The lowest BCUT2D eigenvalue weighted by Crippen LogP contribution is -2.52. The third kappa shape index (κ3) is 2.00. The Morgan fingerprint density at radius 1 is 1.33 bits per heavy atom. The fourth-order valence-electron chi connectivity index (χ4n) is 6.83. The molecule has 0 amide bonds. The van der Waals surface area contributed by atoms with Gasteiger partial charge in [-0.05, 0) is 75.2 Å². The van der Waals surface area contributed by atoms with E-state index in [1.54, 1.807) is 18.3 Å². The summed E-state index contributed by atoms with van der Waals surface area (Å²) in [6.07, 6.45) is 17.9. The van der Waals surface area contributed by atoms with Crippen LogP contribution in [0.3, 0.4) is 0 Å². The molecule has 4 aliphatic carbocycles. The van der Waals surface area contributed by atoms with E-state index in [1.807, 2.05) is 0 Å². The van der Waals surface area contributed by atoms with Crippen LogP contribution in [0, 0.1) is 35.5 Å². The number of hydrogen-bond donors (Lipinski definition) is 1. The van der Waals surface area contributed by atoms with Gasteiger partial charge in [-0.15, -0.1) is 6.42 Å². The van der Waals surface area contributed by atoms with Gasteiger partial charge in [0.05, 0.1) is 12.9 Å². The van der Waals surface area contributed by atoms with Crippen molar-refractivity contribution in [1.29, 1.82) is 0 Å². The van der Waals surface area contributed by atoms with E-state index in [0.29, 0.717) is 11.8 Å². The third-order valence-corrected chi connectivity index (χ3v) is 8.04. The minimum atomic E-state index is -0.873. The Hall–Kier alpha value is -1.20. The summed E-state index contributed by atoms with van der Waals surface area (Å²) in [5.74, 6) is 6.00. The van der Waals surface area contributed by atoms with E-state index in [9.17, 15) is 5.11 Å². The number of rotatable bonds is 2. The van der Waals surface area contributed by atoms with Crippen LogP contribution in [0.4, 0.5) is 0 Å². The molecule has 0 aromatic heterocycles. The predicted octanol–water partition coefficient (Wildman–Crippen LogP) is 4.60. The highest BCUT2D eigenvalue weighted by Crippen LogP contribution is 2.65. The van der Waals surface area contributed by atoms with Gasteiger partial charge >= 0.3 is 0 Å². The molecule has 0 heterocycles. The number of terminal acetylenes is 1. The highest BCUT2D eigenvalue weighted by Gasteiger charge is 2.62. The zero-order valence-corrected chi connectivity index (χ0v) is 15.1. The Morgan fingerprint density at radius 3 is 2.88 bits per heavy atom. The van der Waals surface area contributed by atoms with Crippen LogP contribution in [0.1, 0.15) is 64.7 Å². The molecule has 2 fully saturated rings. The molecule has 1 N–H and O–H groups in total. The molecule has 0 radical (unpaired) electrons. The Labute approximate surface area is 146 Å². The van der Waals surface area contributed by atoms with Crippen LogP contribution in [-0.4, -0.2) is 17.8 Å². The molecule has 4 rings (SSSR count). The summed E-state index contributed by atoms with van der Waals surface area (Å²) < 4.78 is 5.49. The molecule has 0 aliphatic heterocycles. The smallest absolute Gasteiger partial charge is 0.131 e. The standard InChI is InChI=1S/C22H30O2/c1-4-21-12-10-18-17-9-7-16(24-3)14-15(17)6-8-19(18)20(21)11-13-22(21,23)5-2/h2,7,18-20,23H,4,6,8-14H2,1,3H3/t18-,19-,20+,21?,22+/m1/s1. The number of aliphatic hydroxyl groups is 1. The van der Waals surface area contributed by atoms with Crippen LogP contribution in [0.15, 0.2) is 23.0 Å². The van der Waals surface area contributed by atoms with Gasteiger partial charge in [-0.25, -0.2) is 0 Å². The molecular formula is C22H30O2. The number of fused-ring (bicyclic) bond motifs is 4. The average Bonchev–Trinajstić information content (AvgIpc) is 2.94. The second-order valence-electron chi connectivity index (χ2n) is 8.39. The van der Waals surface area contributed by atoms with E-state index in [4.69, 9.17) is 11.2 Å². The molecule has 0 spiro atoms. The minimum Gasteiger partial charge on any atom is -0.501 e. The van der Waals surface area contributed by atoms with Gasteiger partial charge in [0.15, 0.2) is 0 Å². The van der Waals surface area contributed by atoms with Gasteiger partial charge in [-0.3, -0.25) is 0 Å². The van der Waals surface area contributed by atoms with Gasteiger partial charge in [0.1, 0.15) is 5.60 Å². The monoisotopic (exact) mass is 326 g/mol. The third-order valence-electron chi connectivity index (χ3n) is 8.04. The highest BCUT2D eigenvalue weighted by molar-refractivity contribution is 5.34. The number of allylic oxidation sites excluding steroid dienone is 3. The van der Waals surface area contributed by atoms with Gasteiger partial charge in [0, 0.05) is 11.8 Å². The zero-order valence-electron chi connectivity index (χ0n) is 15.1. The second-order valence-corrected chi connectivity index (χ2v) is 8.39. The maximum Gasteiger partial charge on any atom is 0.131 e. The van der Waals surface area contributed by atoms with Crippen molar-refractivity contribution in [2.75, 3.05) is 7.11 Å². The first-order valence-corrected chi connectivity index (χ1v) is 9.72. The van der Waals surface area contributed by atoms with Gasteiger partial charge in [0.25, 0.3) is 0 Å². The van der Waals surface area contributed by atoms with Gasteiger partial charge in [0.2, 0.25) is 0 Å². The summed E-state index contributed by atoms with van der Waals surface area (Å²) in [6, 6.07) is 0. The minimum absolute atomic E-state index is 0.0385. The highest BCUT2D eigenvalue weighted by atomic mass is 16.5. The lowest BCUT2D eigenvalue weighted by Gasteiger charge is -2.54. The van der Waals surface area contributed by atoms with Gasteiger partial charge in [-0.2, -0.15) is 0 Å². The van der Waals surface area contributed by atoms with Crippen molar-refractivity contribution in [3.05, 3.63) is 23.0 Å². The predicted molar refractivity (Wildman–Crippen MR) is 96.0 cm³/mol. The van der Waals surface area contributed by atoms with E-state index < -0.39 is 5.60 Å². The largest absolute Gasteiger partial charge is 0.501 e. The molecule has 0 bridgehead atoms. The quantitative estimate of drug-likeness (QED) is 0.594. The first-order chi connectivity index (χ1) is 11.6. The summed E-state index contributed by atoms with van der Waals surface area (Å²) >= 11 is 0. The fraction of sp³-hybridized carbons (Fsp3) is 0.727. The molecule has 2 saturated carbocycles. The number of hydrogen-bond acceptors (Lipinski definition) is 2. The molecule has 130 valence electrons. The maximum absolute atomic E-state index is 11.2. The van der Waals surface area contributed by atoms with Gasteiger partial charge in [-0.1, -0.05) is 24.0 Å². The Balaban J connectivity index is 1.65. The van der Waals surface area contributed by atoms with Crippen LogP contribution in [0.25, 0.3) is 0 Å². The first kappa shape index (κ1) is 16.3. The van der Waals surface area contributed by atoms with Crippen molar-refractivity contribution in [3.8, 4) is 12.3 Å². The number of methoxy groups -OCH3 is 1. The summed E-state index contributed by atoms with van der Waals surface area (Å²) in [5, 5.41) is 11.2. The van der Waals surface area contributed by atoms with Crippen molar-refractivity contribution in [2.45, 2.75) is 70.3 Å². The van der Waals surface area contributed by atoms with E-state index in [0.717, 1.165) is 50.2 Å². The Bertz CT molecular complexity index is 637. The molecule has 2 nitrogen and oxygen atoms in total. The van der Waals surface area contributed by atoms with Gasteiger partial charge < -0.3 is 9.84 Å². The average molecular weight is 326 g/mol. The van der Waals surface area contributed by atoms with Crippen LogP contribution in [0.5, 0.6) is 0 Å². The zero-order chi connectivity index (χ0) is 16.9. The van der Waals surface area contributed by atoms with Crippen molar-refractivity contribution in [3.63, 3.8) is 0 Å². The molecule has 0 aromatic carbocycles. The van der Waals surface area contributed by atoms with Crippen LogP contribution in [-0.2, 0) is 4.74 Å². The van der Waals surface area contributed by atoms with E-state index in [2.05, 4.69) is 18.9 Å². The maximum atomic E-state index is 11.2. The number of ether oxygens (including phenoxy) is 1. The topological polar surface area (TPSA) is 29.5 Å². The van der Waals surface area contributed by atoms with Crippen LogP contribution in [0.2, 0.25) is 0 Å². The summed E-state index contributed by atoms with van der Waals surface area (Å²) in [4.78, 5) is 0. The molecule has 24 heavy (non-hydrogen) atoms. The molecular weight excluding hydrogens is 296 g/mol. The fourth-order valence-corrected chi connectivity index (χ4v) is 6.83. The van der Waals surface area contributed by atoms with Crippen LogP contribution >= 0.6 is 0 Å². The van der Waals surface area contributed by atoms with E-state index in [-0.39, 0.29) is 5.41 Å². The Morgan fingerprint density at radius 2 is 2.17 bits per heavy atom. The van der Waals surface area contributed by atoms with Crippen LogP contribution < -0.4 is 0 Å². The lowest BCUT2D eigenvalue weighted by molar-refractivity contribution is -0.0855. The molecule has 1 unspecified atom stereocenters. The summed E-state index contributed by atoms with van der Waals surface area (Å²) in [7, 11) is 1.79. The van der Waals surface area contributed by atoms with Crippen molar-refractivity contribution < 1.29 is 9.84 Å². The molecule has 0 saturated heterocycles. The van der Waals surface area contributed by atoms with E-state index >= 15 is 0 Å². The van der Waals surface area contributed by atoms with Crippen molar-refractivity contribution in [1.82, 2.24) is 0 Å². The Kier molecular flexibility index (Phi) is 3.84. The SMILES string of the molecule is C#C[C@]1(O)CC[C@H]2[C@@H]3CCC4=C(CC=C(OC)C4)[C@H]3CCC21CC. The lowest BCUT2D eigenvalue weighted by atomic mass is 9.51. The molecule has 4 aliphatic rings. The molecule has 2 heteroatoms. The van der Waals surface area contributed by atoms with Crippen molar-refractivity contribution in [2.24, 2.45) is 23.2 Å². The summed E-state index contributed by atoms with van der Waals surface area (Å²) in [6.45, 7) is 2.24. The van der Waals surface area contributed by atoms with E-state index in [1.165, 1.54) is 19.3 Å². The second kappa shape index (κ2) is 5.67. The first-order valence-electron chi connectivity index (χ1n) is 9.72. The molecule has 0 aromatic rings. The molecule has 5 atom stereocenters. The summed E-state index contributed by atoms with van der Waals surface area (Å²) in [5.41, 5.74) is 2.43.